The number of nitro groups is 1. The van der Waals surface area contributed by atoms with Gasteiger partial charge in [0.05, 0.1) is 18.2 Å². The molecule has 1 N–H and O–H groups in total. The first-order valence-corrected chi connectivity index (χ1v) is 10.0. The Bertz CT molecular complexity index is 1150. The third kappa shape index (κ3) is 6.79. The van der Waals surface area contributed by atoms with E-state index >= 15 is 0 Å². The molecule has 9 nitrogen and oxygen atoms in total. The Morgan fingerprint density at radius 3 is 2.52 bits per heavy atom. The summed E-state index contributed by atoms with van der Waals surface area (Å²) in [6.07, 6.45) is 1.44. The predicted octanol–water partition coefficient (Wildman–Crippen LogP) is 4.02. The Kier molecular flexibility index (Phi) is 7.96. The standard InChI is InChI=1S/C24H23N3O6/c1-17-8-10-21(20(12-17)27(29)30)33-16-24(28)26-25-14-19-9-11-22(23(13-19)31-2)32-15-18-6-4-3-5-7-18/h3-14H,15-16H2,1-2H3,(H,26,28). The molecule has 0 radical (unpaired) electrons. The number of hydrazone groups is 1. The number of hydrogen-bond acceptors (Lipinski definition) is 7. The minimum absolute atomic E-state index is 0.0144. The lowest BCUT2D eigenvalue weighted by Gasteiger charge is -2.11. The zero-order chi connectivity index (χ0) is 23.6. The van der Waals surface area contributed by atoms with E-state index in [1.54, 1.807) is 31.2 Å². The topological polar surface area (TPSA) is 112 Å². The van der Waals surface area contributed by atoms with Gasteiger partial charge in [0.15, 0.2) is 23.9 Å². The van der Waals surface area contributed by atoms with Gasteiger partial charge in [-0.05, 0) is 47.9 Å². The quantitative estimate of drug-likeness (QED) is 0.284. The van der Waals surface area contributed by atoms with Crippen molar-refractivity contribution in [3.8, 4) is 17.2 Å². The van der Waals surface area contributed by atoms with Gasteiger partial charge in [-0.1, -0.05) is 36.4 Å². The van der Waals surface area contributed by atoms with Crippen molar-refractivity contribution < 1.29 is 23.9 Å². The number of nitrogens with one attached hydrogen (secondary N) is 1. The summed E-state index contributed by atoms with van der Waals surface area (Å²) in [6, 6.07) is 19.5. The van der Waals surface area contributed by atoms with Gasteiger partial charge in [-0.25, -0.2) is 5.43 Å². The molecule has 0 heterocycles. The van der Waals surface area contributed by atoms with Gasteiger partial charge in [0, 0.05) is 6.07 Å². The lowest BCUT2D eigenvalue weighted by atomic mass is 10.2. The van der Waals surface area contributed by atoms with E-state index in [2.05, 4.69) is 10.5 Å². The number of aryl methyl sites for hydroxylation is 1. The van der Waals surface area contributed by atoms with Gasteiger partial charge < -0.3 is 14.2 Å². The van der Waals surface area contributed by atoms with Crippen LogP contribution in [0.4, 0.5) is 5.69 Å². The third-order valence-corrected chi connectivity index (χ3v) is 4.50. The van der Waals surface area contributed by atoms with Crippen molar-refractivity contribution in [3.05, 3.63) is 93.5 Å². The van der Waals surface area contributed by atoms with Crippen molar-refractivity contribution in [3.63, 3.8) is 0 Å². The van der Waals surface area contributed by atoms with Crippen molar-refractivity contribution in [2.75, 3.05) is 13.7 Å². The minimum atomic E-state index is -0.559. The van der Waals surface area contributed by atoms with Crippen molar-refractivity contribution in [2.45, 2.75) is 13.5 Å². The number of nitro benzene ring substituents is 1. The van der Waals surface area contributed by atoms with Gasteiger partial charge in [-0.2, -0.15) is 5.10 Å². The van der Waals surface area contributed by atoms with Crippen molar-refractivity contribution in [1.82, 2.24) is 5.43 Å². The van der Waals surface area contributed by atoms with E-state index in [1.165, 1.54) is 25.5 Å². The normalized spacial score (nSPS) is 10.6. The number of amides is 1. The lowest BCUT2D eigenvalue weighted by Crippen LogP contribution is -2.24. The lowest BCUT2D eigenvalue weighted by molar-refractivity contribution is -0.385. The van der Waals surface area contributed by atoms with Gasteiger partial charge in [0.25, 0.3) is 5.91 Å². The first-order valence-electron chi connectivity index (χ1n) is 10.0. The highest BCUT2D eigenvalue weighted by Crippen LogP contribution is 2.29. The minimum Gasteiger partial charge on any atom is -0.493 e. The van der Waals surface area contributed by atoms with Crippen LogP contribution in [0, 0.1) is 17.0 Å². The van der Waals surface area contributed by atoms with E-state index in [1.807, 2.05) is 30.3 Å². The molecule has 170 valence electrons. The molecular formula is C24H23N3O6. The highest BCUT2D eigenvalue weighted by molar-refractivity contribution is 5.83. The Labute approximate surface area is 190 Å². The number of carbonyl (C=O) groups is 1. The van der Waals surface area contributed by atoms with Crippen LogP contribution in [0.2, 0.25) is 0 Å². The zero-order valence-corrected chi connectivity index (χ0v) is 18.2. The van der Waals surface area contributed by atoms with Crippen LogP contribution in [0.3, 0.4) is 0 Å². The molecule has 0 atom stereocenters. The summed E-state index contributed by atoms with van der Waals surface area (Å²) in [6.45, 7) is 1.71. The summed E-state index contributed by atoms with van der Waals surface area (Å²) < 4.78 is 16.5. The Morgan fingerprint density at radius 2 is 1.79 bits per heavy atom. The molecular weight excluding hydrogens is 426 g/mol. The van der Waals surface area contributed by atoms with Crippen LogP contribution in [0.5, 0.6) is 17.2 Å². The van der Waals surface area contributed by atoms with E-state index in [-0.39, 0.29) is 11.4 Å². The number of carbonyl (C=O) groups excluding carboxylic acids is 1. The van der Waals surface area contributed by atoms with E-state index in [0.717, 1.165) is 11.1 Å². The summed E-state index contributed by atoms with van der Waals surface area (Å²) in [4.78, 5) is 22.6. The van der Waals surface area contributed by atoms with Crippen molar-refractivity contribution >= 4 is 17.8 Å². The number of benzene rings is 3. The first kappa shape index (κ1) is 23.3. The van der Waals surface area contributed by atoms with Crippen molar-refractivity contribution in [2.24, 2.45) is 5.10 Å². The molecule has 0 fully saturated rings. The van der Waals surface area contributed by atoms with E-state index in [4.69, 9.17) is 14.2 Å². The molecule has 0 aromatic heterocycles. The van der Waals surface area contributed by atoms with E-state index < -0.39 is 17.4 Å². The average Bonchev–Trinajstić information content (AvgIpc) is 2.82. The fraction of sp³-hybridized carbons (Fsp3) is 0.167. The number of rotatable bonds is 10. The smallest absolute Gasteiger partial charge is 0.311 e. The molecule has 3 rings (SSSR count). The average molecular weight is 449 g/mol. The van der Waals surface area contributed by atoms with Crippen molar-refractivity contribution in [1.29, 1.82) is 0 Å². The fourth-order valence-corrected chi connectivity index (χ4v) is 2.87. The Morgan fingerprint density at radius 1 is 1.03 bits per heavy atom. The molecule has 0 spiro atoms. The molecule has 0 saturated carbocycles. The molecule has 3 aromatic rings. The number of ether oxygens (including phenoxy) is 3. The second-order valence-electron chi connectivity index (χ2n) is 6.99. The van der Waals surface area contributed by atoms with Crippen LogP contribution < -0.4 is 19.6 Å². The van der Waals surface area contributed by atoms with Gasteiger partial charge in [0.2, 0.25) is 0 Å². The molecule has 3 aromatic carbocycles. The molecule has 0 aliphatic heterocycles. The van der Waals surface area contributed by atoms with Gasteiger partial charge in [0.1, 0.15) is 6.61 Å². The molecule has 0 saturated heterocycles. The van der Waals surface area contributed by atoms with Crippen LogP contribution in [-0.4, -0.2) is 30.8 Å². The van der Waals surface area contributed by atoms with Crippen LogP contribution in [0.25, 0.3) is 0 Å². The molecule has 33 heavy (non-hydrogen) atoms. The maximum Gasteiger partial charge on any atom is 0.311 e. The molecule has 0 aliphatic rings. The first-order chi connectivity index (χ1) is 16.0. The van der Waals surface area contributed by atoms with Crippen LogP contribution in [0.1, 0.15) is 16.7 Å². The monoisotopic (exact) mass is 449 g/mol. The van der Waals surface area contributed by atoms with Gasteiger partial charge in [-0.3, -0.25) is 14.9 Å². The van der Waals surface area contributed by atoms with Gasteiger partial charge >= 0.3 is 5.69 Å². The number of nitrogens with zero attached hydrogens (tertiary/aromatic N) is 2. The maximum atomic E-state index is 12.0. The highest BCUT2D eigenvalue weighted by Gasteiger charge is 2.16. The fourth-order valence-electron chi connectivity index (χ4n) is 2.87. The number of hydrogen-bond donors (Lipinski definition) is 1. The SMILES string of the molecule is COc1cc(C=NNC(=O)COc2ccc(C)cc2[N+](=O)[O-])ccc1OCc1ccccc1. The molecule has 1 amide bonds. The number of methoxy groups -OCH3 is 1. The molecule has 0 bridgehead atoms. The van der Waals surface area contributed by atoms with Crippen LogP contribution in [-0.2, 0) is 11.4 Å². The summed E-state index contributed by atoms with van der Waals surface area (Å²) >= 11 is 0. The Hall–Kier alpha value is -4.40. The van der Waals surface area contributed by atoms with Gasteiger partial charge in [-0.15, -0.1) is 0 Å². The zero-order valence-electron chi connectivity index (χ0n) is 18.2. The van der Waals surface area contributed by atoms with Crippen LogP contribution in [0.15, 0.2) is 71.8 Å². The second kappa shape index (κ2) is 11.3. The summed E-state index contributed by atoms with van der Waals surface area (Å²) in [5.41, 5.74) is 4.55. The van der Waals surface area contributed by atoms with E-state index in [9.17, 15) is 14.9 Å². The molecule has 0 aliphatic carbocycles. The van der Waals surface area contributed by atoms with E-state index in [0.29, 0.717) is 23.7 Å². The third-order valence-electron chi connectivity index (χ3n) is 4.50. The largest absolute Gasteiger partial charge is 0.493 e. The summed E-state index contributed by atoms with van der Waals surface area (Å²) in [5, 5.41) is 15.0. The second-order valence-corrected chi connectivity index (χ2v) is 6.99. The summed E-state index contributed by atoms with van der Waals surface area (Å²) in [7, 11) is 1.54. The maximum absolute atomic E-state index is 12.0. The predicted molar refractivity (Wildman–Crippen MR) is 123 cm³/mol. The van der Waals surface area contributed by atoms with Crippen LogP contribution >= 0.6 is 0 Å². The molecule has 9 heteroatoms. The highest BCUT2D eigenvalue weighted by atomic mass is 16.6. The molecule has 0 unspecified atom stereocenters. The summed E-state index contributed by atoms with van der Waals surface area (Å²) in [5.74, 6) is 0.559. The Balaban J connectivity index is 1.54.